The maximum Gasteiger partial charge on any atom is 0.290 e. The Kier molecular flexibility index (Phi) is 5.29. The molecule has 1 aromatic carbocycles. The van der Waals surface area contributed by atoms with Gasteiger partial charge in [0.1, 0.15) is 6.04 Å². The largest absolute Gasteiger partial charge is 0.459 e. The lowest BCUT2D eigenvalue weighted by Crippen LogP contribution is -2.30. The zero-order valence-electron chi connectivity index (χ0n) is 14.9. The molecule has 0 aliphatic carbocycles. The third-order valence-corrected chi connectivity index (χ3v) is 4.60. The highest BCUT2D eigenvalue weighted by Crippen LogP contribution is 2.32. The summed E-state index contributed by atoms with van der Waals surface area (Å²) in [6.45, 7) is 1.72. The fourth-order valence-corrected chi connectivity index (χ4v) is 3.24. The lowest BCUT2D eigenvalue weighted by atomic mass is 10.2. The van der Waals surface area contributed by atoms with Gasteiger partial charge in [0.25, 0.3) is 5.91 Å². The Balaban J connectivity index is 1.32. The van der Waals surface area contributed by atoms with E-state index in [4.69, 9.17) is 13.7 Å². The van der Waals surface area contributed by atoms with E-state index in [1.165, 1.54) is 6.26 Å². The highest BCUT2D eigenvalue weighted by molar-refractivity contribution is 5.91. The predicted octanol–water partition coefficient (Wildman–Crippen LogP) is 3.40. The van der Waals surface area contributed by atoms with E-state index < -0.39 is 0 Å². The Bertz CT molecular complexity index is 861. The van der Waals surface area contributed by atoms with E-state index in [0.29, 0.717) is 43.7 Å². The van der Waals surface area contributed by atoms with Crippen molar-refractivity contribution in [1.29, 1.82) is 0 Å². The Morgan fingerprint density at radius 3 is 2.93 bits per heavy atom. The Labute approximate surface area is 156 Å². The molecule has 1 saturated heterocycles. The van der Waals surface area contributed by atoms with Gasteiger partial charge in [-0.2, -0.15) is 4.98 Å². The quantitative estimate of drug-likeness (QED) is 0.595. The summed E-state index contributed by atoms with van der Waals surface area (Å²) in [6, 6.07) is 13.2. The van der Waals surface area contributed by atoms with Gasteiger partial charge >= 0.3 is 0 Å². The zero-order valence-corrected chi connectivity index (χ0v) is 14.9. The molecule has 3 heterocycles. The first-order chi connectivity index (χ1) is 13.3. The van der Waals surface area contributed by atoms with Crippen molar-refractivity contribution in [3.8, 4) is 0 Å². The predicted molar refractivity (Wildman–Crippen MR) is 95.8 cm³/mol. The minimum atomic E-state index is -0.200. The van der Waals surface area contributed by atoms with Crippen LogP contribution in [0.5, 0.6) is 0 Å². The summed E-state index contributed by atoms with van der Waals surface area (Å²) >= 11 is 0. The minimum Gasteiger partial charge on any atom is -0.459 e. The van der Waals surface area contributed by atoms with Crippen LogP contribution in [-0.4, -0.2) is 34.1 Å². The van der Waals surface area contributed by atoms with Gasteiger partial charge in [-0.1, -0.05) is 35.5 Å². The van der Waals surface area contributed by atoms with Crippen molar-refractivity contribution in [2.75, 3.05) is 13.2 Å². The third kappa shape index (κ3) is 4.09. The van der Waals surface area contributed by atoms with Crippen molar-refractivity contribution >= 4 is 5.91 Å². The number of rotatable bonds is 7. The van der Waals surface area contributed by atoms with Crippen LogP contribution in [0, 0.1) is 0 Å². The van der Waals surface area contributed by atoms with Crippen LogP contribution in [0.1, 0.15) is 46.7 Å². The average Bonchev–Trinajstić information content (AvgIpc) is 3.47. The highest BCUT2D eigenvalue weighted by Gasteiger charge is 2.35. The molecule has 7 nitrogen and oxygen atoms in total. The lowest BCUT2D eigenvalue weighted by Gasteiger charge is -2.20. The van der Waals surface area contributed by atoms with Gasteiger partial charge in [0.2, 0.25) is 5.89 Å². The maximum atomic E-state index is 12.6. The van der Waals surface area contributed by atoms with Crippen LogP contribution in [0.25, 0.3) is 0 Å². The van der Waals surface area contributed by atoms with E-state index in [9.17, 15) is 4.79 Å². The molecule has 0 spiro atoms. The monoisotopic (exact) mass is 367 g/mol. The first-order valence-corrected chi connectivity index (χ1v) is 9.10. The molecule has 1 amide bonds. The number of hydrogen-bond donors (Lipinski definition) is 0. The molecule has 4 rings (SSSR count). The Morgan fingerprint density at radius 1 is 1.22 bits per heavy atom. The van der Waals surface area contributed by atoms with Crippen LogP contribution >= 0.6 is 0 Å². The topological polar surface area (TPSA) is 81.6 Å². The molecular weight excluding hydrogens is 346 g/mol. The van der Waals surface area contributed by atoms with Crippen LogP contribution in [0.4, 0.5) is 0 Å². The van der Waals surface area contributed by atoms with Gasteiger partial charge < -0.3 is 18.6 Å². The number of carbonyl (C=O) groups excluding carboxylic acids is 1. The van der Waals surface area contributed by atoms with Gasteiger partial charge in [0.15, 0.2) is 11.6 Å². The Morgan fingerprint density at radius 2 is 2.11 bits per heavy atom. The highest BCUT2D eigenvalue weighted by atomic mass is 16.5. The van der Waals surface area contributed by atoms with Gasteiger partial charge in [0.05, 0.1) is 19.5 Å². The fourth-order valence-electron chi connectivity index (χ4n) is 3.24. The SMILES string of the molecule is O=C(c1ccco1)N1CCCC1c1nc(CCOCc2ccccc2)no1. The molecule has 27 heavy (non-hydrogen) atoms. The van der Waals surface area contributed by atoms with E-state index in [-0.39, 0.29) is 11.9 Å². The molecule has 0 radical (unpaired) electrons. The molecule has 0 bridgehead atoms. The van der Waals surface area contributed by atoms with Crippen LogP contribution in [0.3, 0.4) is 0 Å². The second kappa shape index (κ2) is 8.18. The summed E-state index contributed by atoms with van der Waals surface area (Å²) < 4.78 is 16.3. The molecule has 3 aromatic rings. The standard InChI is InChI=1S/C20H21N3O4/c24-20(17-9-5-12-26-17)23-11-4-8-16(23)19-21-18(22-27-19)10-13-25-14-15-6-2-1-3-7-15/h1-3,5-7,9,12,16H,4,8,10-11,13-14H2. The molecule has 1 unspecified atom stereocenters. The molecule has 0 N–H and O–H groups in total. The zero-order chi connectivity index (χ0) is 18.5. The number of amides is 1. The molecule has 1 aliphatic rings. The van der Waals surface area contributed by atoms with Gasteiger partial charge in [0, 0.05) is 13.0 Å². The number of aromatic nitrogens is 2. The summed E-state index contributed by atoms with van der Waals surface area (Å²) in [5.41, 5.74) is 1.13. The fraction of sp³-hybridized carbons (Fsp3) is 0.350. The molecular formula is C20H21N3O4. The van der Waals surface area contributed by atoms with Gasteiger partial charge in [-0.05, 0) is 30.5 Å². The molecule has 1 aliphatic heterocycles. The smallest absolute Gasteiger partial charge is 0.290 e. The molecule has 140 valence electrons. The molecule has 0 saturated carbocycles. The van der Waals surface area contributed by atoms with E-state index in [1.54, 1.807) is 17.0 Å². The molecule has 1 atom stereocenters. The van der Waals surface area contributed by atoms with Gasteiger partial charge in [-0.15, -0.1) is 0 Å². The normalized spacial score (nSPS) is 16.7. The van der Waals surface area contributed by atoms with Crippen molar-refractivity contribution < 1.29 is 18.5 Å². The van der Waals surface area contributed by atoms with Crippen LogP contribution < -0.4 is 0 Å². The number of furan rings is 1. The number of hydrogen-bond acceptors (Lipinski definition) is 6. The number of carbonyl (C=O) groups is 1. The average molecular weight is 367 g/mol. The van der Waals surface area contributed by atoms with Gasteiger partial charge in [-0.3, -0.25) is 4.79 Å². The first-order valence-electron chi connectivity index (χ1n) is 9.10. The number of benzene rings is 1. The maximum absolute atomic E-state index is 12.6. The summed E-state index contributed by atoms with van der Waals surface area (Å²) in [6.07, 6.45) is 3.77. The van der Waals surface area contributed by atoms with Crippen molar-refractivity contribution in [1.82, 2.24) is 15.0 Å². The molecule has 1 fully saturated rings. The van der Waals surface area contributed by atoms with E-state index >= 15 is 0 Å². The third-order valence-electron chi connectivity index (χ3n) is 4.60. The number of likely N-dealkylation sites (tertiary alicyclic amines) is 1. The second-order valence-corrected chi connectivity index (χ2v) is 6.47. The molecule has 7 heteroatoms. The molecule has 2 aromatic heterocycles. The van der Waals surface area contributed by atoms with Crippen molar-refractivity contribution in [3.05, 3.63) is 71.8 Å². The summed E-state index contributed by atoms with van der Waals surface area (Å²) in [5.74, 6) is 1.25. The Hall–Kier alpha value is -2.93. The van der Waals surface area contributed by atoms with Crippen molar-refractivity contribution in [2.24, 2.45) is 0 Å². The summed E-state index contributed by atoms with van der Waals surface area (Å²) in [7, 11) is 0. The minimum absolute atomic E-state index is 0.145. The number of ether oxygens (including phenoxy) is 1. The summed E-state index contributed by atoms with van der Waals surface area (Å²) in [4.78, 5) is 18.8. The van der Waals surface area contributed by atoms with Crippen LogP contribution in [0.15, 0.2) is 57.7 Å². The summed E-state index contributed by atoms with van der Waals surface area (Å²) in [5, 5.41) is 4.03. The second-order valence-electron chi connectivity index (χ2n) is 6.47. The van der Waals surface area contributed by atoms with Crippen molar-refractivity contribution in [3.63, 3.8) is 0 Å². The van der Waals surface area contributed by atoms with Crippen LogP contribution in [0.2, 0.25) is 0 Å². The van der Waals surface area contributed by atoms with Gasteiger partial charge in [-0.25, -0.2) is 0 Å². The van der Waals surface area contributed by atoms with Crippen molar-refractivity contribution in [2.45, 2.75) is 31.9 Å². The van der Waals surface area contributed by atoms with E-state index in [2.05, 4.69) is 10.1 Å². The van der Waals surface area contributed by atoms with E-state index in [0.717, 1.165) is 18.4 Å². The lowest BCUT2D eigenvalue weighted by molar-refractivity contribution is 0.0678. The first kappa shape index (κ1) is 17.5. The number of nitrogens with zero attached hydrogens (tertiary/aromatic N) is 3. The van der Waals surface area contributed by atoms with Crippen LogP contribution in [-0.2, 0) is 17.8 Å². The van der Waals surface area contributed by atoms with E-state index in [1.807, 2.05) is 30.3 Å².